The second-order valence-corrected chi connectivity index (χ2v) is 6.42. The maximum absolute atomic E-state index is 12.0. The van der Waals surface area contributed by atoms with Gasteiger partial charge >= 0.3 is 5.97 Å². The highest BCUT2D eigenvalue weighted by Crippen LogP contribution is 2.28. The molecule has 0 bridgehead atoms. The van der Waals surface area contributed by atoms with Gasteiger partial charge < -0.3 is 10.1 Å². The molecule has 0 aliphatic heterocycles. The number of rotatable bonds is 6. The minimum atomic E-state index is -0.305. The number of nitrogens with one attached hydrogen (secondary N) is 1. The largest absolute Gasteiger partial charge is 0.456 e. The normalized spacial score (nSPS) is 14.7. The molecule has 0 saturated heterocycles. The molecule has 0 atom stereocenters. The van der Waals surface area contributed by atoms with E-state index in [0.29, 0.717) is 12.3 Å². The topological polar surface area (TPSA) is 55.4 Å². The monoisotopic (exact) mass is 325 g/mol. The van der Waals surface area contributed by atoms with Crippen molar-refractivity contribution in [2.75, 3.05) is 11.9 Å². The molecule has 2 aromatic carbocycles. The van der Waals surface area contributed by atoms with E-state index < -0.39 is 0 Å². The second-order valence-electron chi connectivity index (χ2n) is 6.42. The molecule has 1 fully saturated rings. The van der Waals surface area contributed by atoms with Crippen molar-refractivity contribution in [3.63, 3.8) is 0 Å². The summed E-state index contributed by atoms with van der Waals surface area (Å²) in [5.41, 5.74) is 0.736. The Hall–Kier alpha value is -2.36. The molecular weight excluding hydrogens is 302 g/mol. The third kappa shape index (κ3) is 4.34. The number of hydrogen-bond donors (Lipinski definition) is 1. The third-order valence-corrected chi connectivity index (χ3v) is 4.66. The van der Waals surface area contributed by atoms with Gasteiger partial charge in [-0.1, -0.05) is 62.1 Å². The number of anilines is 1. The van der Waals surface area contributed by atoms with Gasteiger partial charge in [-0.15, -0.1) is 0 Å². The van der Waals surface area contributed by atoms with Gasteiger partial charge in [-0.05, 0) is 23.8 Å². The van der Waals surface area contributed by atoms with Crippen LogP contribution in [-0.2, 0) is 14.3 Å². The summed E-state index contributed by atoms with van der Waals surface area (Å²) < 4.78 is 5.10. The minimum absolute atomic E-state index is 0.229. The molecule has 4 nitrogen and oxygen atoms in total. The summed E-state index contributed by atoms with van der Waals surface area (Å²) in [5.74, 6) is 0.0672. The van der Waals surface area contributed by atoms with Crippen LogP contribution in [0.1, 0.15) is 38.5 Å². The number of benzene rings is 2. The standard InChI is InChI=1S/C20H23NO3/c22-19(14-24-20(23)13-12-15-6-1-2-7-15)21-18-11-5-9-16-8-3-4-10-17(16)18/h3-5,8-11,15H,1-2,6-7,12-14H2,(H,21,22). The Morgan fingerprint density at radius 2 is 1.79 bits per heavy atom. The molecule has 1 N–H and O–H groups in total. The Balaban J connectivity index is 1.47. The van der Waals surface area contributed by atoms with Crippen molar-refractivity contribution < 1.29 is 14.3 Å². The van der Waals surface area contributed by atoms with E-state index in [1.165, 1.54) is 25.7 Å². The predicted molar refractivity (Wildman–Crippen MR) is 94.7 cm³/mol. The lowest BCUT2D eigenvalue weighted by Gasteiger charge is -2.10. The Bertz CT molecular complexity index is 714. The molecule has 126 valence electrons. The zero-order valence-corrected chi connectivity index (χ0v) is 13.8. The molecule has 0 unspecified atom stereocenters. The van der Waals surface area contributed by atoms with Gasteiger partial charge in [0.25, 0.3) is 5.91 Å². The molecule has 0 radical (unpaired) electrons. The van der Waals surface area contributed by atoms with E-state index in [0.717, 1.165) is 22.9 Å². The van der Waals surface area contributed by atoms with Crippen LogP contribution in [0, 0.1) is 5.92 Å². The van der Waals surface area contributed by atoms with Gasteiger partial charge in [0.1, 0.15) is 0 Å². The molecule has 1 aliphatic carbocycles. The quantitative estimate of drug-likeness (QED) is 0.806. The molecular formula is C20H23NO3. The first-order chi connectivity index (χ1) is 11.7. The van der Waals surface area contributed by atoms with E-state index in [2.05, 4.69) is 5.32 Å². The summed E-state index contributed by atoms with van der Waals surface area (Å²) in [6.45, 7) is -0.229. The van der Waals surface area contributed by atoms with E-state index in [9.17, 15) is 9.59 Å². The van der Waals surface area contributed by atoms with Crippen LogP contribution in [0.5, 0.6) is 0 Å². The highest BCUT2D eigenvalue weighted by atomic mass is 16.5. The highest BCUT2D eigenvalue weighted by molar-refractivity contribution is 6.02. The van der Waals surface area contributed by atoms with Gasteiger partial charge in [-0.3, -0.25) is 9.59 Å². The lowest BCUT2D eigenvalue weighted by atomic mass is 10.0. The molecule has 1 aliphatic rings. The van der Waals surface area contributed by atoms with Crippen LogP contribution in [0.4, 0.5) is 5.69 Å². The molecule has 3 rings (SSSR count). The van der Waals surface area contributed by atoms with Crippen LogP contribution in [0.25, 0.3) is 10.8 Å². The van der Waals surface area contributed by atoms with Crippen LogP contribution in [0.15, 0.2) is 42.5 Å². The molecule has 24 heavy (non-hydrogen) atoms. The number of fused-ring (bicyclic) bond motifs is 1. The maximum atomic E-state index is 12.0. The van der Waals surface area contributed by atoms with Crippen molar-refractivity contribution in [2.45, 2.75) is 38.5 Å². The van der Waals surface area contributed by atoms with Crippen molar-refractivity contribution >= 4 is 28.3 Å². The van der Waals surface area contributed by atoms with E-state index in [4.69, 9.17) is 4.74 Å². The van der Waals surface area contributed by atoms with Gasteiger partial charge in [0.05, 0.1) is 0 Å². The lowest BCUT2D eigenvalue weighted by molar-refractivity contribution is -0.147. The fourth-order valence-electron chi connectivity index (χ4n) is 3.36. The van der Waals surface area contributed by atoms with Gasteiger partial charge in [0.2, 0.25) is 0 Å². The van der Waals surface area contributed by atoms with Crippen molar-refractivity contribution in [1.82, 2.24) is 0 Å². The van der Waals surface area contributed by atoms with E-state index >= 15 is 0 Å². The molecule has 4 heteroatoms. The predicted octanol–water partition coefficient (Wildman–Crippen LogP) is 4.29. The number of amides is 1. The third-order valence-electron chi connectivity index (χ3n) is 4.66. The van der Waals surface area contributed by atoms with Crippen LogP contribution < -0.4 is 5.32 Å². The summed E-state index contributed by atoms with van der Waals surface area (Å²) in [4.78, 5) is 23.8. The molecule has 2 aromatic rings. The summed E-state index contributed by atoms with van der Waals surface area (Å²) in [6, 6.07) is 13.6. The Labute approximate surface area is 142 Å². The second kappa shape index (κ2) is 7.95. The fourth-order valence-corrected chi connectivity index (χ4v) is 3.36. The van der Waals surface area contributed by atoms with Gasteiger partial charge in [-0.2, -0.15) is 0 Å². The number of ether oxygens (including phenoxy) is 1. The molecule has 0 spiro atoms. The Morgan fingerprint density at radius 3 is 2.62 bits per heavy atom. The Morgan fingerprint density at radius 1 is 1.04 bits per heavy atom. The summed E-state index contributed by atoms with van der Waals surface area (Å²) >= 11 is 0. The zero-order chi connectivity index (χ0) is 16.8. The number of carbonyl (C=O) groups excluding carboxylic acids is 2. The number of esters is 1. The van der Waals surface area contributed by atoms with Gasteiger partial charge in [-0.25, -0.2) is 0 Å². The first-order valence-corrected chi connectivity index (χ1v) is 8.65. The zero-order valence-electron chi connectivity index (χ0n) is 13.8. The van der Waals surface area contributed by atoms with E-state index in [1.807, 2.05) is 42.5 Å². The van der Waals surface area contributed by atoms with Gasteiger partial charge in [0, 0.05) is 17.5 Å². The van der Waals surface area contributed by atoms with Crippen molar-refractivity contribution in [2.24, 2.45) is 5.92 Å². The summed E-state index contributed by atoms with van der Waals surface area (Å²) in [5, 5.41) is 4.85. The average molecular weight is 325 g/mol. The van der Waals surface area contributed by atoms with Crippen LogP contribution in [0.2, 0.25) is 0 Å². The average Bonchev–Trinajstić information content (AvgIpc) is 3.12. The molecule has 1 saturated carbocycles. The summed E-state index contributed by atoms with van der Waals surface area (Å²) in [7, 11) is 0. The fraction of sp³-hybridized carbons (Fsp3) is 0.400. The van der Waals surface area contributed by atoms with E-state index in [1.54, 1.807) is 0 Å². The van der Waals surface area contributed by atoms with Crippen molar-refractivity contribution in [1.29, 1.82) is 0 Å². The SMILES string of the molecule is O=C(COC(=O)CCC1CCCC1)Nc1cccc2ccccc12. The molecule has 0 heterocycles. The van der Waals surface area contributed by atoms with Crippen LogP contribution in [-0.4, -0.2) is 18.5 Å². The summed E-state index contributed by atoms with van der Waals surface area (Å²) in [6.07, 6.45) is 6.26. The first kappa shape index (κ1) is 16.5. The number of carbonyl (C=O) groups is 2. The lowest BCUT2D eigenvalue weighted by Crippen LogP contribution is -2.21. The first-order valence-electron chi connectivity index (χ1n) is 8.65. The van der Waals surface area contributed by atoms with Crippen molar-refractivity contribution in [3.8, 4) is 0 Å². The van der Waals surface area contributed by atoms with Crippen LogP contribution >= 0.6 is 0 Å². The number of hydrogen-bond acceptors (Lipinski definition) is 3. The smallest absolute Gasteiger partial charge is 0.306 e. The minimum Gasteiger partial charge on any atom is -0.456 e. The van der Waals surface area contributed by atoms with Gasteiger partial charge in [0.15, 0.2) is 6.61 Å². The van der Waals surface area contributed by atoms with Crippen LogP contribution in [0.3, 0.4) is 0 Å². The van der Waals surface area contributed by atoms with E-state index in [-0.39, 0.29) is 18.5 Å². The molecule has 0 aromatic heterocycles. The van der Waals surface area contributed by atoms with Crippen molar-refractivity contribution in [3.05, 3.63) is 42.5 Å². The molecule has 1 amide bonds. The Kier molecular flexibility index (Phi) is 5.47. The maximum Gasteiger partial charge on any atom is 0.306 e. The highest BCUT2D eigenvalue weighted by Gasteiger charge is 2.17.